The molecule has 3 rings (SSSR count). The summed E-state index contributed by atoms with van der Waals surface area (Å²) >= 11 is 1.57. The minimum Gasteiger partial charge on any atom is -0.360 e. The van der Waals surface area contributed by atoms with Crippen LogP contribution < -0.4 is 5.32 Å². The second-order valence-corrected chi connectivity index (χ2v) is 4.83. The highest BCUT2D eigenvalue weighted by Gasteiger charge is 2.06. The van der Waals surface area contributed by atoms with Crippen molar-refractivity contribution in [2.75, 3.05) is 11.9 Å². The third kappa shape index (κ3) is 2.04. The normalized spacial score (nSPS) is 10.7. The van der Waals surface area contributed by atoms with Gasteiger partial charge in [0.25, 0.3) is 0 Å². The van der Waals surface area contributed by atoms with Crippen molar-refractivity contribution in [1.29, 1.82) is 0 Å². The van der Waals surface area contributed by atoms with Crippen molar-refractivity contribution in [1.82, 2.24) is 15.2 Å². The van der Waals surface area contributed by atoms with Gasteiger partial charge >= 0.3 is 0 Å². The van der Waals surface area contributed by atoms with Gasteiger partial charge in [-0.05, 0) is 31.2 Å². The van der Waals surface area contributed by atoms with Crippen LogP contribution in [-0.2, 0) is 0 Å². The molecule has 2 aromatic heterocycles. The number of fused-ring (bicyclic) bond motifs is 1. The SMILES string of the molecule is CCNc1nnc(-c2ccc3ncccc3c2)s1. The Balaban J connectivity index is 2.02. The number of hydrogen-bond donors (Lipinski definition) is 1. The third-order valence-electron chi connectivity index (χ3n) is 2.60. The fourth-order valence-corrected chi connectivity index (χ4v) is 2.58. The van der Waals surface area contributed by atoms with E-state index in [1.807, 2.05) is 25.1 Å². The van der Waals surface area contributed by atoms with Gasteiger partial charge in [0.1, 0.15) is 5.01 Å². The number of aromatic nitrogens is 3. The Morgan fingerprint density at radius 2 is 2.17 bits per heavy atom. The summed E-state index contributed by atoms with van der Waals surface area (Å²) in [6.07, 6.45) is 1.80. The highest BCUT2D eigenvalue weighted by Crippen LogP contribution is 2.28. The lowest BCUT2D eigenvalue weighted by Gasteiger charge is -1.99. The van der Waals surface area contributed by atoms with Gasteiger partial charge in [-0.15, -0.1) is 10.2 Å². The molecule has 0 saturated carbocycles. The van der Waals surface area contributed by atoms with Crippen molar-refractivity contribution in [3.63, 3.8) is 0 Å². The number of anilines is 1. The van der Waals surface area contributed by atoms with Gasteiger partial charge in [-0.1, -0.05) is 17.4 Å². The molecule has 0 aliphatic rings. The van der Waals surface area contributed by atoms with E-state index in [9.17, 15) is 0 Å². The zero-order chi connectivity index (χ0) is 12.4. The van der Waals surface area contributed by atoms with E-state index in [1.165, 1.54) is 0 Å². The molecule has 1 aromatic carbocycles. The highest BCUT2D eigenvalue weighted by atomic mass is 32.1. The predicted molar refractivity (Wildman–Crippen MR) is 74.8 cm³/mol. The molecular formula is C13H12N4S. The molecule has 0 fully saturated rings. The van der Waals surface area contributed by atoms with E-state index in [2.05, 4.69) is 32.6 Å². The highest BCUT2D eigenvalue weighted by molar-refractivity contribution is 7.18. The maximum Gasteiger partial charge on any atom is 0.205 e. The molecule has 3 aromatic rings. The molecule has 0 spiro atoms. The van der Waals surface area contributed by atoms with Gasteiger partial charge in [0.2, 0.25) is 5.13 Å². The van der Waals surface area contributed by atoms with Crippen molar-refractivity contribution in [3.05, 3.63) is 36.5 Å². The lowest BCUT2D eigenvalue weighted by atomic mass is 10.1. The zero-order valence-electron chi connectivity index (χ0n) is 9.92. The van der Waals surface area contributed by atoms with Crippen LogP contribution in [0.2, 0.25) is 0 Å². The molecule has 90 valence electrons. The number of nitrogens with one attached hydrogen (secondary N) is 1. The third-order valence-corrected chi connectivity index (χ3v) is 3.53. The minimum absolute atomic E-state index is 0.857. The van der Waals surface area contributed by atoms with E-state index < -0.39 is 0 Å². The van der Waals surface area contributed by atoms with Crippen LogP contribution in [0.3, 0.4) is 0 Å². The van der Waals surface area contributed by atoms with Crippen LogP contribution in [0.1, 0.15) is 6.92 Å². The van der Waals surface area contributed by atoms with Crippen LogP contribution in [0.4, 0.5) is 5.13 Å². The van der Waals surface area contributed by atoms with E-state index in [0.717, 1.165) is 33.2 Å². The molecule has 0 unspecified atom stereocenters. The number of hydrogen-bond acceptors (Lipinski definition) is 5. The van der Waals surface area contributed by atoms with E-state index >= 15 is 0 Å². The largest absolute Gasteiger partial charge is 0.360 e. The summed E-state index contributed by atoms with van der Waals surface area (Å²) in [6.45, 7) is 2.90. The summed E-state index contributed by atoms with van der Waals surface area (Å²) in [4.78, 5) is 4.31. The molecule has 18 heavy (non-hydrogen) atoms. The summed E-state index contributed by atoms with van der Waals surface area (Å²) in [5.41, 5.74) is 2.08. The Labute approximate surface area is 109 Å². The zero-order valence-corrected chi connectivity index (χ0v) is 10.7. The van der Waals surface area contributed by atoms with Gasteiger partial charge in [-0.3, -0.25) is 4.98 Å². The van der Waals surface area contributed by atoms with Gasteiger partial charge in [0, 0.05) is 23.7 Å². The number of pyridine rings is 1. The fourth-order valence-electron chi connectivity index (χ4n) is 1.77. The second-order valence-electron chi connectivity index (χ2n) is 3.85. The average molecular weight is 256 g/mol. The predicted octanol–water partition coefficient (Wildman–Crippen LogP) is 3.19. The standard InChI is InChI=1S/C13H12N4S/c1-2-14-13-17-16-12(18-13)10-5-6-11-9(8-10)4-3-7-15-11/h3-8H,2H2,1H3,(H,14,17). The lowest BCUT2D eigenvalue weighted by Crippen LogP contribution is -1.94. The van der Waals surface area contributed by atoms with E-state index in [1.54, 1.807) is 17.5 Å². The first-order valence-electron chi connectivity index (χ1n) is 5.79. The monoisotopic (exact) mass is 256 g/mol. The Kier molecular flexibility index (Phi) is 2.90. The van der Waals surface area contributed by atoms with Crippen LogP contribution in [0, 0.1) is 0 Å². The molecular weight excluding hydrogens is 244 g/mol. The topological polar surface area (TPSA) is 50.7 Å². The quantitative estimate of drug-likeness (QED) is 0.782. The van der Waals surface area contributed by atoms with Gasteiger partial charge in [-0.25, -0.2) is 0 Å². The Bertz CT molecular complexity index is 677. The summed E-state index contributed by atoms with van der Waals surface area (Å²) in [5, 5.41) is 14.4. The van der Waals surface area contributed by atoms with E-state index in [-0.39, 0.29) is 0 Å². The molecule has 0 bridgehead atoms. The van der Waals surface area contributed by atoms with Gasteiger partial charge in [-0.2, -0.15) is 0 Å². The Morgan fingerprint density at radius 1 is 1.22 bits per heavy atom. The first-order chi connectivity index (χ1) is 8.86. The van der Waals surface area contributed by atoms with Crippen LogP contribution in [0.5, 0.6) is 0 Å². The van der Waals surface area contributed by atoms with Crippen molar-refractivity contribution >= 4 is 27.4 Å². The van der Waals surface area contributed by atoms with Gasteiger partial charge in [0.05, 0.1) is 5.52 Å². The van der Waals surface area contributed by atoms with Crippen molar-refractivity contribution in [2.24, 2.45) is 0 Å². The first-order valence-corrected chi connectivity index (χ1v) is 6.61. The Hall–Kier alpha value is -2.01. The Morgan fingerprint density at radius 3 is 3.06 bits per heavy atom. The molecule has 5 heteroatoms. The minimum atomic E-state index is 0.857. The molecule has 0 aliphatic heterocycles. The van der Waals surface area contributed by atoms with Gasteiger partial charge in [0.15, 0.2) is 0 Å². The summed E-state index contributed by atoms with van der Waals surface area (Å²) in [7, 11) is 0. The second kappa shape index (κ2) is 4.70. The average Bonchev–Trinajstić information content (AvgIpc) is 2.87. The maximum absolute atomic E-state index is 4.31. The molecule has 2 heterocycles. The van der Waals surface area contributed by atoms with Crippen molar-refractivity contribution in [3.8, 4) is 10.6 Å². The van der Waals surface area contributed by atoms with Crippen LogP contribution in [-0.4, -0.2) is 21.7 Å². The van der Waals surface area contributed by atoms with Crippen molar-refractivity contribution < 1.29 is 0 Å². The maximum atomic E-state index is 4.31. The van der Waals surface area contributed by atoms with Gasteiger partial charge < -0.3 is 5.32 Å². The summed E-state index contributed by atoms with van der Waals surface area (Å²) in [5.74, 6) is 0. The molecule has 1 N–H and O–H groups in total. The number of nitrogens with zero attached hydrogens (tertiary/aromatic N) is 3. The molecule has 0 radical (unpaired) electrons. The molecule has 0 aliphatic carbocycles. The molecule has 4 nitrogen and oxygen atoms in total. The van der Waals surface area contributed by atoms with E-state index in [0.29, 0.717) is 0 Å². The van der Waals surface area contributed by atoms with Crippen LogP contribution in [0.15, 0.2) is 36.5 Å². The fraction of sp³-hybridized carbons (Fsp3) is 0.154. The number of benzene rings is 1. The van der Waals surface area contributed by atoms with E-state index in [4.69, 9.17) is 0 Å². The number of rotatable bonds is 3. The summed E-state index contributed by atoms with van der Waals surface area (Å²) < 4.78 is 0. The molecule has 0 atom stereocenters. The summed E-state index contributed by atoms with van der Waals surface area (Å²) in [6, 6.07) is 10.1. The smallest absolute Gasteiger partial charge is 0.205 e. The van der Waals surface area contributed by atoms with Crippen molar-refractivity contribution in [2.45, 2.75) is 6.92 Å². The first kappa shape index (κ1) is 11.1. The van der Waals surface area contributed by atoms with Crippen LogP contribution >= 0.6 is 11.3 Å². The molecule has 0 amide bonds. The lowest BCUT2D eigenvalue weighted by molar-refractivity contribution is 1.07. The van der Waals surface area contributed by atoms with Crippen LogP contribution in [0.25, 0.3) is 21.5 Å². The molecule has 0 saturated heterocycles.